The van der Waals surface area contributed by atoms with Gasteiger partial charge in [-0.2, -0.15) is 0 Å². The van der Waals surface area contributed by atoms with Crippen LogP contribution in [0.2, 0.25) is 0 Å². The Kier molecular flexibility index (Phi) is 3.76. The molecule has 1 N–H and O–H groups in total. The number of nitrogens with zero attached hydrogens (tertiary/aromatic N) is 1. The molecular weight excluding hydrogens is 192 g/mol. The zero-order chi connectivity index (χ0) is 11.3. The van der Waals surface area contributed by atoms with E-state index < -0.39 is 11.9 Å². The highest BCUT2D eigenvalue weighted by Gasteiger charge is 2.32. The molecule has 1 fully saturated rings. The summed E-state index contributed by atoms with van der Waals surface area (Å²) in [6.07, 6.45) is 11.5. The van der Waals surface area contributed by atoms with E-state index in [1.807, 2.05) is 5.92 Å². The van der Waals surface area contributed by atoms with Crippen LogP contribution in [0.1, 0.15) is 12.8 Å². The average molecular weight is 204 g/mol. The van der Waals surface area contributed by atoms with Crippen molar-refractivity contribution >= 4 is 11.8 Å². The minimum absolute atomic E-state index is 0.174. The van der Waals surface area contributed by atoms with Gasteiger partial charge >= 0.3 is 0 Å². The molecule has 0 aromatic carbocycles. The maximum absolute atomic E-state index is 11.6. The van der Waals surface area contributed by atoms with Gasteiger partial charge in [0.25, 0.3) is 5.91 Å². The monoisotopic (exact) mass is 204 g/mol. The molecule has 0 radical (unpaired) electrons. The molecule has 1 rings (SSSR count). The summed E-state index contributed by atoms with van der Waals surface area (Å²) in [5.41, 5.74) is 0. The molecule has 1 aliphatic heterocycles. The number of amides is 2. The van der Waals surface area contributed by atoms with Gasteiger partial charge in [-0.05, 0) is 18.8 Å². The summed E-state index contributed by atoms with van der Waals surface area (Å²) in [6.45, 7) is 0.713. The van der Waals surface area contributed by atoms with Gasteiger partial charge in [0.2, 0.25) is 5.91 Å². The second-order valence-electron chi connectivity index (χ2n) is 3.22. The summed E-state index contributed by atoms with van der Waals surface area (Å²) in [6, 6.07) is -0.457. The van der Waals surface area contributed by atoms with Crippen molar-refractivity contribution in [3.05, 3.63) is 0 Å². The van der Waals surface area contributed by atoms with E-state index in [-0.39, 0.29) is 12.5 Å². The third-order valence-electron chi connectivity index (χ3n) is 2.30. The summed E-state index contributed by atoms with van der Waals surface area (Å²) in [4.78, 5) is 24.2. The number of likely N-dealkylation sites (tertiary alicyclic amines) is 1. The first-order valence-corrected chi connectivity index (χ1v) is 4.69. The highest BCUT2D eigenvalue weighted by Crippen LogP contribution is 2.16. The summed E-state index contributed by atoms with van der Waals surface area (Å²) < 4.78 is 0. The van der Waals surface area contributed by atoms with E-state index in [1.165, 1.54) is 4.90 Å². The zero-order valence-corrected chi connectivity index (χ0v) is 8.32. The molecular formula is C11H12N2O2. The molecule has 0 bridgehead atoms. The number of terminal acetylenes is 2. The van der Waals surface area contributed by atoms with E-state index in [0.29, 0.717) is 13.0 Å². The lowest BCUT2D eigenvalue weighted by Crippen LogP contribution is -2.45. The van der Waals surface area contributed by atoms with E-state index in [4.69, 9.17) is 12.8 Å². The van der Waals surface area contributed by atoms with Crippen LogP contribution in [0.5, 0.6) is 0 Å². The van der Waals surface area contributed by atoms with Crippen molar-refractivity contribution in [2.24, 2.45) is 0 Å². The SMILES string of the molecule is C#CCNC(=O)[C@@H]1CCCN1C(=O)C#C. The fourth-order valence-corrected chi connectivity index (χ4v) is 1.62. The van der Waals surface area contributed by atoms with Crippen molar-refractivity contribution in [2.75, 3.05) is 13.1 Å². The first kappa shape index (κ1) is 11.1. The number of carbonyl (C=O) groups excluding carboxylic acids is 2. The summed E-state index contributed by atoms with van der Waals surface area (Å²) in [7, 11) is 0. The summed E-state index contributed by atoms with van der Waals surface area (Å²) >= 11 is 0. The van der Waals surface area contributed by atoms with E-state index in [2.05, 4.69) is 11.2 Å². The van der Waals surface area contributed by atoms with Crippen molar-refractivity contribution in [1.29, 1.82) is 0 Å². The molecule has 0 aromatic heterocycles. The highest BCUT2D eigenvalue weighted by atomic mass is 16.2. The fourth-order valence-electron chi connectivity index (χ4n) is 1.62. The van der Waals surface area contributed by atoms with Gasteiger partial charge in [-0.3, -0.25) is 9.59 Å². The molecule has 0 saturated carbocycles. The normalized spacial score (nSPS) is 19.1. The molecule has 1 saturated heterocycles. The molecule has 4 nitrogen and oxygen atoms in total. The summed E-state index contributed by atoms with van der Waals surface area (Å²) in [5, 5.41) is 2.55. The van der Waals surface area contributed by atoms with Gasteiger partial charge in [0.15, 0.2) is 0 Å². The van der Waals surface area contributed by atoms with Crippen LogP contribution < -0.4 is 5.32 Å². The van der Waals surface area contributed by atoms with Crippen LogP contribution in [0, 0.1) is 24.7 Å². The van der Waals surface area contributed by atoms with Gasteiger partial charge in [-0.1, -0.05) is 5.92 Å². The Morgan fingerprint density at radius 1 is 1.47 bits per heavy atom. The van der Waals surface area contributed by atoms with Gasteiger partial charge in [0, 0.05) is 6.54 Å². The first-order valence-electron chi connectivity index (χ1n) is 4.69. The predicted octanol–water partition coefficient (Wildman–Crippen LogP) is -0.640. The van der Waals surface area contributed by atoms with Crippen molar-refractivity contribution in [2.45, 2.75) is 18.9 Å². The third-order valence-corrected chi connectivity index (χ3v) is 2.30. The van der Waals surface area contributed by atoms with E-state index in [0.717, 1.165) is 6.42 Å². The Morgan fingerprint density at radius 2 is 2.20 bits per heavy atom. The smallest absolute Gasteiger partial charge is 0.298 e. The third kappa shape index (κ3) is 2.51. The second kappa shape index (κ2) is 5.07. The molecule has 0 spiro atoms. The van der Waals surface area contributed by atoms with Crippen LogP contribution in [0.4, 0.5) is 0 Å². The summed E-state index contributed by atoms with van der Waals surface area (Å²) in [5.74, 6) is 3.65. The Balaban J connectivity index is 2.61. The lowest BCUT2D eigenvalue weighted by molar-refractivity contribution is -0.134. The van der Waals surface area contributed by atoms with Crippen LogP contribution in [0.3, 0.4) is 0 Å². The van der Waals surface area contributed by atoms with Crippen molar-refractivity contribution < 1.29 is 9.59 Å². The lowest BCUT2D eigenvalue weighted by Gasteiger charge is -2.20. The Bertz CT molecular complexity index is 349. The van der Waals surface area contributed by atoms with Gasteiger partial charge in [-0.25, -0.2) is 0 Å². The number of hydrogen-bond acceptors (Lipinski definition) is 2. The largest absolute Gasteiger partial charge is 0.343 e. The van der Waals surface area contributed by atoms with Crippen LogP contribution in [-0.4, -0.2) is 35.8 Å². The van der Waals surface area contributed by atoms with Crippen LogP contribution in [0.25, 0.3) is 0 Å². The maximum Gasteiger partial charge on any atom is 0.298 e. The lowest BCUT2D eigenvalue weighted by atomic mass is 10.2. The van der Waals surface area contributed by atoms with Crippen LogP contribution in [-0.2, 0) is 9.59 Å². The van der Waals surface area contributed by atoms with E-state index in [9.17, 15) is 9.59 Å². The van der Waals surface area contributed by atoms with Crippen LogP contribution in [0.15, 0.2) is 0 Å². The number of nitrogens with one attached hydrogen (secondary N) is 1. The Labute approximate surface area is 89.0 Å². The molecule has 78 valence electrons. The minimum Gasteiger partial charge on any atom is -0.343 e. The maximum atomic E-state index is 11.6. The molecule has 0 aliphatic carbocycles. The number of carbonyl (C=O) groups is 2. The molecule has 1 heterocycles. The second-order valence-corrected chi connectivity index (χ2v) is 3.22. The standard InChI is InChI=1S/C11H12N2O2/c1-3-7-12-11(15)9-6-5-8-13(9)10(14)4-2/h1-2,9H,5-8H2,(H,12,15)/t9-/m0/s1. The Morgan fingerprint density at radius 3 is 2.80 bits per heavy atom. The zero-order valence-electron chi connectivity index (χ0n) is 8.32. The quantitative estimate of drug-likeness (QED) is 0.608. The molecule has 0 aromatic rings. The van der Waals surface area contributed by atoms with Crippen molar-refractivity contribution in [3.63, 3.8) is 0 Å². The van der Waals surface area contributed by atoms with Gasteiger partial charge in [0.1, 0.15) is 6.04 Å². The molecule has 1 aliphatic rings. The topological polar surface area (TPSA) is 49.4 Å². The van der Waals surface area contributed by atoms with E-state index in [1.54, 1.807) is 0 Å². The molecule has 2 amide bonds. The van der Waals surface area contributed by atoms with Crippen LogP contribution >= 0.6 is 0 Å². The van der Waals surface area contributed by atoms with Crippen molar-refractivity contribution in [1.82, 2.24) is 10.2 Å². The fraction of sp³-hybridized carbons (Fsp3) is 0.455. The van der Waals surface area contributed by atoms with Gasteiger partial charge < -0.3 is 10.2 Å². The minimum atomic E-state index is -0.457. The van der Waals surface area contributed by atoms with E-state index >= 15 is 0 Å². The van der Waals surface area contributed by atoms with Gasteiger partial charge in [-0.15, -0.1) is 12.8 Å². The van der Waals surface area contributed by atoms with Crippen molar-refractivity contribution in [3.8, 4) is 24.7 Å². The molecule has 0 unspecified atom stereocenters. The molecule has 1 atom stereocenters. The van der Waals surface area contributed by atoms with Gasteiger partial charge in [0.05, 0.1) is 6.54 Å². The number of hydrogen-bond donors (Lipinski definition) is 1. The first-order chi connectivity index (χ1) is 7.20. The number of rotatable bonds is 2. The molecule has 15 heavy (non-hydrogen) atoms. The predicted molar refractivity (Wildman–Crippen MR) is 55.4 cm³/mol. The Hall–Kier alpha value is -1.94. The molecule has 4 heteroatoms. The average Bonchev–Trinajstić information content (AvgIpc) is 2.73. The highest BCUT2D eigenvalue weighted by molar-refractivity contribution is 5.97.